The first-order chi connectivity index (χ1) is 14.0. The first kappa shape index (κ1) is 22.3. The number of carbonyl (C=O) groups is 1. The van der Waals surface area contributed by atoms with Crippen LogP contribution >= 0.6 is 0 Å². The van der Waals surface area contributed by atoms with Crippen molar-refractivity contribution in [3.8, 4) is 0 Å². The van der Waals surface area contributed by atoms with Gasteiger partial charge in [-0.2, -0.15) is 8.42 Å². The van der Waals surface area contributed by atoms with Crippen LogP contribution in [0.1, 0.15) is 20.1 Å². The van der Waals surface area contributed by atoms with E-state index in [1.807, 2.05) is 0 Å². The molecule has 0 bridgehead atoms. The Kier molecular flexibility index (Phi) is 6.21. The fourth-order valence-corrected chi connectivity index (χ4v) is 3.59. The Morgan fingerprint density at radius 3 is 2.70 bits per heavy atom. The van der Waals surface area contributed by atoms with Gasteiger partial charge in [0.15, 0.2) is 17.7 Å². The van der Waals surface area contributed by atoms with Crippen LogP contribution in [0.3, 0.4) is 0 Å². The highest BCUT2D eigenvalue weighted by Crippen LogP contribution is 2.32. The van der Waals surface area contributed by atoms with Crippen LogP contribution in [0.25, 0.3) is 11.2 Å². The lowest BCUT2D eigenvalue weighted by molar-refractivity contribution is -0.121. The summed E-state index contributed by atoms with van der Waals surface area (Å²) in [4.78, 5) is 23.7. The van der Waals surface area contributed by atoms with Gasteiger partial charge in [0.05, 0.1) is 19.0 Å². The molecule has 7 N–H and O–H groups in total. The molecule has 2 aromatic heterocycles. The number of aliphatic hydroxyl groups is 2. The van der Waals surface area contributed by atoms with Gasteiger partial charge in [0.1, 0.15) is 30.2 Å². The summed E-state index contributed by atoms with van der Waals surface area (Å²) in [5.41, 5.74) is 11.8. The van der Waals surface area contributed by atoms with Gasteiger partial charge >= 0.3 is 10.3 Å². The lowest BCUT2D eigenvalue weighted by Crippen LogP contribution is -2.47. The van der Waals surface area contributed by atoms with Crippen molar-refractivity contribution in [3.05, 3.63) is 12.7 Å². The maximum atomic E-state index is 12.0. The maximum Gasteiger partial charge on any atom is 0.362 e. The molecule has 1 saturated heterocycles. The molecule has 0 spiro atoms. The minimum Gasteiger partial charge on any atom is -0.387 e. The second-order valence-corrected chi connectivity index (χ2v) is 8.45. The Morgan fingerprint density at radius 2 is 2.03 bits per heavy atom. The second-order valence-electron chi connectivity index (χ2n) is 7.10. The average Bonchev–Trinajstić information content (AvgIpc) is 3.22. The monoisotopic (exact) mass is 445 g/mol. The number of nitrogens with two attached hydrogens (primary N) is 2. The molecule has 166 valence electrons. The third kappa shape index (κ3) is 4.35. The fraction of sp³-hybridized carbons (Fsp3) is 0.600. The van der Waals surface area contributed by atoms with E-state index in [0.29, 0.717) is 0 Å². The highest BCUT2D eigenvalue weighted by atomic mass is 32.2. The molecule has 1 amide bonds. The van der Waals surface area contributed by atoms with E-state index in [-0.39, 0.29) is 22.9 Å². The van der Waals surface area contributed by atoms with Gasteiger partial charge in [0.2, 0.25) is 0 Å². The molecule has 0 aromatic carbocycles. The predicted octanol–water partition coefficient (Wildman–Crippen LogP) is -2.61. The van der Waals surface area contributed by atoms with Gasteiger partial charge in [-0.1, -0.05) is 13.8 Å². The van der Waals surface area contributed by atoms with Gasteiger partial charge in [-0.05, 0) is 5.92 Å². The van der Waals surface area contributed by atoms with E-state index in [2.05, 4.69) is 15.0 Å². The normalized spacial score (nSPS) is 25.7. The number of carbonyl (C=O) groups excluding carboxylic acids is 1. The lowest BCUT2D eigenvalue weighted by atomic mass is 10.1. The molecule has 0 radical (unpaired) electrons. The molecule has 1 fully saturated rings. The number of amides is 1. The van der Waals surface area contributed by atoms with Gasteiger partial charge < -0.3 is 26.4 Å². The quantitative estimate of drug-likeness (QED) is 0.296. The van der Waals surface area contributed by atoms with Crippen molar-refractivity contribution in [1.82, 2.24) is 24.2 Å². The van der Waals surface area contributed by atoms with E-state index >= 15 is 0 Å². The third-order valence-corrected chi connectivity index (χ3v) is 5.53. The van der Waals surface area contributed by atoms with E-state index < -0.39 is 53.4 Å². The van der Waals surface area contributed by atoms with Crippen molar-refractivity contribution in [1.29, 1.82) is 0 Å². The molecule has 14 nitrogen and oxygen atoms in total. The second kappa shape index (κ2) is 8.37. The molecule has 1 aliphatic heterocycles. The zero-order valence-corrected chi connectivity index (χ0v) is 16.9. The van der Waals surface area contributed by atoms with E-state index in [9.17, 15) is 23.4 Å². The smallest absolute Gasteiger partial charge is 0.362 e. The summed E-state index contributed by atoms with van der Waals surface area (Å²) in [5, 5.41) is 20.6. The SMILES string of the molecule is CC(C)[C@H](N)C(=O)NS(=O)(=O)OC[C@H]1O[C@@H](n2cnc3c(N)ncnc32)[C@H](O)[C@@H]1O. The largest absolute Gasteiger partial charge is 0.387 e. The molecular weight excluding hydrogens is 422 g/mol. The Labute approximate surface area is 171 Å². The maximum absolute atomic E-state index is 12.0. The number of imidazole rings is 1. The highest BCUT2D eigenvalue weighted by Gasteiger charge is 2.45. The minimum atomic E-state index is -4.51. The number of fused-ring (bicyclic) bond motifs is 1. The lowest BCUT2D eigenvalue weighted by Gasteiger charge is -2.17. The number of ether oxygens (including phenoxy) is 1. The Balaban J connectivity index is 1.68. The Bertz CT molecular complexity index is 1030. The zero-order valence-electron chi connectivity index (χ0n) is 16.1. The molecule has 0 aliphatic carbocycles. The van der Waals surface area contributed by atoms with Crippen molar-refractivity contribution >= 4 is 33.2 Å². The number of nitrogens with zero attached hydrogens (tertiary/aromatic N) is 4. The summed E-state index contributed by atoms with van der Waals surface area (Å²) in [6.45, 7) is 2.64. The van der Waals surface area contributed by atoms with Gasteiger partial charge in [0.25, 0.3) is 5.91 Å². The van der Waals surface area contributed by atoms with Crippen LogP contribution in [-0.4, -0.2) is 75.0 Å². The van der Waals surface area contributed by atoms with Crippen LogP contribution in [0.2, 0.25) is 0 Å². The third-order valence-electron chi connectivity index (χ3n) is 4.63. The molecular formula is C15H23N7O7S. The number of anilines is 1. The molecule has 0 unspecified atom stereocenters. The molecule has 5 atom stereocenters. The first-order valence-corrected chi connectivity index (χ1v) is 10.3. The first-order valence-electron chi connectivity index (χ1n) is 8.93. The zero-order chi connectivity index (χ0) is 22.2. The Hall–Kier alpha value is -2.43. The van der Waals surface area contributed by atoms with Crippen LogP contribution in [0, 0.1) is 5.92 Å². The minimum absolute atomic E-state index is 0.119. The van der Waals surface area contributed by atoms with Crippen LogP contribution in [0.15, 0.2) is 12.7 Å². The van der Waals surface area contributed by atoms with Crippen molar-refractivity contribution in [2.75, 3.05) is 12.3 Å². The number of hydrogen-bond acceptors (Lipinski definition) is 12. The molecule has 3 rings (SSSR count). The standard InChI is InChI=1S/C15H23N7O7S/c1-6(2)8(16)14(25)21-30(26,27)28-3-7-10(23)11(24)15(29-7)22-5-20-9-12(17)18-4-19-13(9)22/h4-8,10-11,15,23-24H,3,16H2,1-2H3,(H,21,25)(H2,17,18,19)/t7-,8+,10-,11-,15-/m1/s1. The number of aliphatic hydroxyl groups excluding tert-OH is 2. The molecule has 0 saturated carbocycles. The number of rotatable bonds is 7. The summed E-state index contributed by atoms with van der Waals surface area (Å²) in [6.07, 6.45) is -2.81. The average molecular weight is 445 g/mol. The van der Waals surface area contributed by atoms with Crippen molar-refractivity contribution in [2.24, 2.45) is 11.7 Å². The van der Waals surface area contributed by atoms with Gasteiger partial charge in [-0.25, -0.2) is 19.7 Å². The number of aromatic nitrogens is 4. The van der Waals surface area contributed by atoms with Gasteiger partial charge in [-0.3, -0.25) is 13.5 Å². The van der Waals surface area contributed by atoms with Gasteiger partial charge in [0, 0.05) is 0 Å². The topological polar surface area (TPSA) is 218 Å². The van der Waals surface area contributed by atoms with Crippen LogP contribution < -0.4 is 16.2 Å². The summed E-state index contributed by atoms with van der Waals surface area (Å²) in [6, 6.07) is -1.05. The van der Waals surface area contributed by atoms with Crippen molar-refractivity contribution in [2.45, 2.75) is 44.4 Å². The Morgan fingerprint density at radius 1 is 1.33 bits per heavy atom. The fourth-order valence-electron chi connectivity index (χ4n) is 2.83. The molecule has 15 heteroatoms. The van der Waals surface area contributed by atoms with Crippen molar-refractivity contribution < 1.29 is 32.3 Å². The summed E-state index contributed by atoms with van der Waals surface area (Å²) in [5.74, 6) is -1.11. The molecule has 2 aromatic rings. The van der Waals surface area contributed by atoms with E-state index in [0.717, 1.165) is 0 Å². The van der Waals surface area contributed by atoms with Crippen LogP contribution in [0.4, 0.5) is 5.82 Å². The molecule has 1 aliphatic rings. The summed E-state index contributed by atoms with van der Waals surface area (Å²) in [7, 11) is -4.51. The van der Waals surface area contributed by atoms with Crippen LogP contribution in [-0.2, 0) is 24.0 Å². The summed E-state index contributed by atoms with van der Waals surface area (Å²) >= 11 is 0. The number of nitrogen functional groups attached to an aromatic ring is 1. The van der Waals surface area contributed by atoms with E-state index in [1.165, 1.54) is 17.2 Å². The van der Waals surface area contributed by atoms with E-state index in [4.69, 9.17) is 20.4 Å². The highest BCUT2D eigenvalue weighted by molar-refractivity contribution is 7.85. The van der Waals surface area contributed by atoms with Gasteiger partial charge in [-0.15, -0.1) is 0 Å². The van der Waals surface area contributed by atoms with E-state index in [1.54, 1.807) is 18.6 Å². The molecule has 3 heterocycles. The predicted molar refractivity (Wildman–Crippen MR) is 101 cm³/mol. The summed E-state index contributed by atoms with van der Waals surface area (Å²) < 4.78 is 37.3. The molecule has 30 heavy (non-hydrogen) atoms. The number of nitrogens with one attached hydrogen (secondary N) is 1. The van der Waals surface area contributed by atoms with Crippen LogP contribution in [0.5, 0.6) is 0 Å². The van der Waals surface area contributed by atoms with Crippen molar-refractivity contribution in [3.63, 3.8) is 0 Å². The number of hydrogen-bond donors (Lipinski definition) is 5.